The number of hydrogen-bond acceptors (Lipinski definition) is 5. The van der Waals surface area contributed by atoms with Crippen LogP contribution in [0.3, 0.4) is 0 Å². The summed E-state index contributed by atoms with van der Waals surface area (Å²) in [6.07, 6.45) is 4.75. The van der Waals surface area contributed by atoms with Crippen LogP contribution in [0.15, 0.2) is 35.2 Å². The monoisotopic (exact) mass is 361 g/mol. The zero-order valence-corrected chi connectivity index (χ0v) is 14.2. The number of rotatable bonds is 3. The lowest BCUT2D eigenvalue weighted by atomic mass is 9.97. The largest absolute Gasteiger partial charge is 0.436 e. The van der Waals surface area contributed by atoms with Crippen LogP contribution in [0.4, 0.5) is 0 Å². The van der Waals surface area contributed by atoms with Crippen LogP contribution >= 0.6 is 15.9 Å². The number of hydrogen-bond donors (Lipinski definition) is 0. The molecule has 3 aromatic rings. The minimum absolute atomic E-state index is 0.127. The maximum absolute atomic E-state index is 5.73. The first-order chi connectivity index (χ1) is 10.4. The van der Waals surface area contributed by atoms with Crippen molar-refractivity contribution in [3.63, 3.8) is 0 Å². The molecule has 0 unspecified atom stereocenters. The van der Waals surface area contributed by atoms with Crippen LogP contribution in [0.25, 0.3) is 11.0 Å². The molecular formula is C15H16BrN5O. The van der Waals surface area contributed by atoms with Gasteiger partial charge in [0.2, 0.25) is 5.88 Å². The second-order valence-electron chi connectivity index (χ2n) is 6.20. The third-order valence-electron chi connectivity index (χ3n) is 2.97. The number of aromatic nitrogens is 5. The Morgan fingerprint density at radius 3 is 2.73 bits per heavy atom. The Labute approximate surface area is 136 Å². The first-order valence-corrected chi connectivity index (χ1v) is 7.69. The third-order valence-corrected chi connectivity index (χ3v) is 3.73. The maximum Gasteiger partial charge on any atom is 0.237 e. The van der Waals surface area contributed by atoms with E-state index in [1.807, 2.05) is 16.8 Å². The van der Waals surface area contributed by atoms with Crippen LogP contribution in [0.5, 0.6) is 11.6 Å². The minimum atomic E-state index is 0.127. The lowest BCUT2D eigenvalue weighted by Crippen LogP contribution is -2.16. The quantitative estimate of drug-likeness (QED) is 0.709. The van der Waals surface area contributed by atoms with Gasteiger partial charge in [0, 0.05) is 18.9 Å². The van der Waals surface area contributed by atoms with Crippen LogP contribution in [-0.4, -0.2) is 25.0 Å². The molecule has 1 aromatic carbocycles. The fourth-order valence-electron chi connectivity index (χ4n) is 2.08. The van der Waals surface area contributed by atoms with Crippen LogP contribution in [0, 0.1) is 5.41 Å². The summed E-state index contributed by atoms with van der Waals surface area (Å²) in [5.41, 5.74) is 1.86. The molecule has 3 rings (SSSR count). The minimum Gasteiger partial charge on any atom is -0.436 e. The zero-order chi connectivity index (χ0) is 15.7. The fourth-order valence-corrected chi connectivity index (χ4v) is 2.58. The molecule has 22 heavy (non-hydrogen) atoms. The van der Waals surface area contributed by atoms with E-state index in [4.69, 9.17) is 4.74 Å². The van der Waals surface area contributed by atoms with E-state index in [1.165, 1.54) is 0 Å². The van der Waals surface area contributed by atoms with E-state index in [1.54, 1.807) is 18.6 Å². The van der Waals surface area contributed by atoms with Crippen LogP contribution in [-0.2, 0) is 6.54 Å². The highest BCUT2D eigenvalue weighted by Crippen LogP contribution is 2.34. The maximum atomic E-state index is 5.73. The Balaban J connectivity index is 1.97. The molecule has 0 amide bonds. The first-order valence-electron chi connectivity index (χ1n) is 6.90. The van der Waals surface area contributed by atoms with Crippen molar-refractivity contribution < 1.29 is 4.74 Å². The van der Waals surface area contributed by atoms with Gasteiger partial charge < -0.3 is 4.74 Å². The molecule has 6 nitrogen and oxygen atoms in total. The van der Waals surface area contributed by atoms with Crippen molar-refractivity contribution in [3.8, 4) is 11.6 Å². The van der Waals surface area contributed by atoms with Crippen molar-refractivity contribution in [2.24, 2.45) is 5.41 Å². The first kappa shape index (κ1) is 14.9. The van der Waals surface area contributed by atoms with Gasteiger partial charge in [-0.05, 0) is 33.5 Å². The molecule has 0 radical (unpaired) electrons. The van der Waals surface area contributed by atoms with Crippen LogP contribution < -0.4 is 4.74 Å². The predicted molar refractivity (Wildman–Crippen MR) is 86.8 cm³/mol. The average molecular weight is 362 g/mol. The smallest absolute Gasteiger partial charge is 0.237 e. The zero-order valence-electron chi connectivity index (χ0n) is 12.6. The van der Waals surface area contributed by atoms with Gasteiger partial charge in [0.25, 0.3) is 0 Å². The highest BCUT2D eigenvalue weighted by atomic mass is 79.9. The van der Waals surface area contributed by atoms with Gasteiger partial charge in [0.15, 0.2) is 0 Å². The average Bonchev–Trinajstić information content (AvgIpc) is 2.85. The Morgan fingerprint density at radius 1 is 1.23 bits per heavy atom. The van der Waals surface area contributed by atoms with Gasteiger partial charge in [-0.2, -0.15) is 0 Å². The lowest BCUT2D eigenvalue weighted by Gasteiger charge is -2.17. The molecule has 0 bridgehead atoms. The fraction of sp³-hybridized carbons (Fsp3) is 0.333. The molecule has 0 spiro atoms. The Kier molecular flexibility index (Phi) is 3.82. The van der Waals surface area contributed by atoms with Gasteiger partial charge in [-0.3, -0.25) is 4.98 Å². The van der Waals surface area contributed by atoms with Crippen LogP contribution in [0.2, 0.25) is 0 Å². The third kappa shape index (κ3) is 3.09. The van der Waals surface area contributed by atoms with E-state index in [0.29, 0.717) is 11.6 Å². The molecule has 0 fully saturated rings. The summed E-state index contributed by atoms with van der Waals surface area (Å²) in [4.78, 5) is 8.08. The topological polar surface area (TPSA) is 65.7 Å². The van der Waals surface area contributed by atoms with Gasteiger partial charge in [0.1, 0.15) is 11.3 Å². The van der Waals surface area contributed by atoms with Gasteiger partial charge in [0.05, 0.1) is 16.2 Å². The standard InChI is InChI=1S/C15H16BrN5O/c1-15(2,3)9-21-10-4-5-11(13(16)14(10)19-20-21)22-12-8-17-6-7-18-12/h4-8H,9H2,1-3H3. The summed E-state index contributed by atoms with van der Waals surface area (Å²) in [5, 5.41) is 8.50. The van der Waals surface area contributed by atoms with E-state index in [9.17, 15) is 0 Å². The highest BCUT2D eigenvalue weighted by molar-refractivity contribution is 9.10. The van der Waals surface area contributed by atoms with Crippen molar-refractivity contribution in [2.75, 3.05) is 0 Å². The highest BCUT2D eigenvalue weighted by Gasteiger charge is 2.17. The van der Waals surface area contributed by atoms with Crippen molar-refractivity contribution in [3.05, 3.63) is 35.2 Å². The predicted octanol–water partition coefficient (Wildman–Crippen LogP) is 3.82. The number of benzene rings is 1. The Morgan fingerprint density at radius 2 is 2.05 bits per heavy atom. The summed E-state index contributed by atoms with van der Waals surface area (Å²) in [7, 11) is 0. The molecule has 114 valence electrons. The molecule has 0 saturated carbocycles. The molecule has 0 atom stereocenters. The van der Waals surface area contributed by atoms with Crippen molar-refractivity contribution in [1.29, 1.82) is 0 Å². The van der Waals surface area contributed by atoms with Crippen molar-refractivity contribution >= 4 is 27.0 Å². The van der Waals surface area contributed by atoms with Gasteiger partial charge in [-0.1, -0.05) is 26.0 Å². The van der Waals surface area contributed by atoms with Gasteiger partial charge >= 0.3 is 0 Å². The second-order valence-corrected chi connectivity index (χ2v) is 6.99. The van der Waals surface area contributed by atoms with Gasteiger partial charge in [-0.15, -0.1) is 5.10 Å². The Hall–Kier alpha value is -2.02. The van der Waals surface area contributed by atoms with E-state index in [2.05, 4.69) is 57.0 Å². The Bertz CT molecular complexity index is 795. The molecule has 0 aliphatic rings. The van der Waals surface area contributed by atoms with E-state index in [0.717, 1.165) is 22.1 Å². The molecule has 0 aliphatic carbocycles. The molecule has 2 heterocycles. The molecule has 7 heteroatoms. The molecular weight excluding hydrogens is 346 g/mol. The van der Waals surface area contributed by atoms with E-state index in [-0.39, 0.29) is 5.41 Å². The number of fused-ring (bicyclic) bond motifs is 1. The second kappa shape index (κ2) is 5.64. The van der Waals surface area contributed by atoms with Gasteiger partial charge in [-0.25, -0.2) is 9.67 Å². The molecule has 2 aromatic heterocycles. The normalized spacial score (nSPS) is 11.8. The molecule has 0 saturated heterocycles. The summed E-state index contributed by atoms with van der Waals surface area (Å²) in [6, 6.07) is 3.83. The summed E-state index contributed by atoms with van der Waals surface area (Å²) in [5.74, 6) is 1.07. The van der Waals surface area contributed by atoms with Crippen molar-refractivity contribution in [2.45, 2.75) is 27.3 Å². The molecule has 0 aliphatic heterocycles. The van der Waals surface area contributed by atoms with Crippen LogP contribution in [0.1, 0.15) is 20.8 Å². The van der Waals surface area contributed by atoms with E-state index < -0.39 is 0 Å². The molecule has 0 N–H and O–H groups in total. The number of halogens is 1. The van der Waals surface area contributed by atoms with E-state index >= 15 is 0 Å². The number of ether oxygens (including phenoxy) is 1. The number of nitrogens with zero attached hydrogens (tertiary/aromatic N) is 5. The lowest BCUT2D eigenvalue weighted by molar-refractivity contribution is 0.327. The summed E-state index contributed by atoms with van der Waals surface area (Å²) < 4.78 is 8.40. The SMILES string of the molecule is CC(C)(C)Cn1nnc2c(Br)c(Oc3cnccn3)ccc21. The summed E-state index contributed by atoms with van der Waals surface area (Å²) in [6.45, 7) is 7.30. The summed E-state index contributed by atoms with van der Waals surface area (Å²) >= 11 is 3.54. The van der Waals surface area contributed by atoms with Crippen molar-refractivity contribution in [1.82, 2.24) is 25.0 Å².